The van der Waals surface area contributed by atoms with Gasteiger partial charge in [-0.25, -0.2) is 13.1 Å². The largest absolute Gasteiger partial charge is 0.373 e. The summed E-state index contributed by atoms with van der Waals surface area (Å²) in [5, 5.41) is 0.898. The summed E-state index contributed by atoms with van der Waals surface area (Å²) in [5.74, 6) is -0.229. The van der Waals surface area contributed by atoms with E-state index < -0.39 is 10.0 Å². The van der Waals surface area contributed by atoms with Crippen molar-refractivity contribution in [3.05, 3.63) is 59.5 Å². The second-order valence-electron chi connectivity index (χ2n) is 5.00. The maximum absolute atomic E-state index is 11.7. The lowest BCUT2D eigenvalue weighted by atomic mass is 10.2. The van der Waals surface area contributed by atoms with Crippen LogP contribution >= 0.6 is 0 Å². The fourth-order valence-electron chi connectivity index (χ4n) is 1.70. The zero-order chi connectivity index (χ0) is 17.1. The van der Waals surface area contributed by atoms with Crippen LogP contribution in [0.15, 0.2) is 54.0 Å². The standard InChI is InChI=1S/C17H23NO4S/c1-3-17(19)11-13-23(20,21)18-15(2)8-7-12-22-14-16-9-5-4-6-10-16/h4-11,13,15,18H,3,12,14H2,1-2H3/b8-7-,13-11+/t15-/m1/s1. The zero-order valence-corrected chi connectivity index (χ0v) is 14.3. The molecular weight excluding hydrogens is 314 g/mol. The molecule has 5 nitrogen and oxygen atoms in total. The average Bonchev–Trinajstić information content (AvgIpc) is 2.53. The van der Waals surface area contributed by atoms with E-state index in [0.717, 1.165) is 17.0 Å². The summed E-state index contributed by atoms with van der Waals surface area (Å²) in [6, 6.07) is 9.40. The van der Waals surface area contributed by atoms with E-state index in [4.69, 9.17) is 4.74 Å². The van der Waals surface area contributed by atoms with Crippen molar-refractivity contribution in [2.75, 3.05) is 6.61 Å². The number of rotatable bonds is 10. The molecule has 0 aliphatic heterocycles. The molecule has 1 aromatic carbocycles. The van der Waals surface area contributed by atoms with Crippen molar-refractivity contribution in [1.29, 1.82) is 0 Å². The first-order chi connectivity index (χ1) is 10.9. The van der Waals surface area contributed by atoms with Crippen LogP contribution in [-0.4, -0.2) is 26.8 Å². The predicted octanol–water partition coefficient (Wildman–Crippen LogP) is 2.56. The van der Waals surface area contributed by atoms with Crippen LogP contribution in [0.2, 0.25) is 0 Å². The lowest BCUT2D eigenvalue weighted by molar-refractivity contribution is -0.114. The van der Waals surface area contributed by atoms with Gasteiger partial charge in [0.2, 0.25) is 10.0 Å². The molecular formula is C17H23NO4S. The minimum absolute atomic E-state index is 0.229. The van der Waals surface area contributed by atoms with Gasteiger partial charge in [-0.3, -0.25) is 4.79 Å². The van der Waals surface area contributed by atoms with Crippen LogP contribution in [-0.2, 0) is 26.2 Å². The minimum Gasteiger partial charge on any atom is -0.373 e. The molecule has 0 unspecified atom stereocenters. The third-order valence-electron chi connectivity index (χ3n) is 2.88. The Morgan fingerprint density at radius 2 is 2.00 bits per heavy atom. The SMILES string of the molecule is CCC(=O)/C=C/S(=O)(=O)N[C@H](C)/C=C\COCc1ccccc1. The number of carbonyl (C=O) groups excluding carboxylic acids is 1. The Hall–Kier alpha value is -1.76. The van der Waals surface area contributed by atoms with E-state index in [0.29, 0.717) is 13.2 Å². The van der Waals surface area contributed by atoms with Crippen LogP contribution in [0.5, 0.6) is 0 Å². The van der Waals surface area contributed by atoms with E-state index in [2.05, 4.69) is 4.72 Å². The molecule has 0 amide bonds. The molecule has 6 heteroatoms. The molecule has 0 aliphatic carbocycles. The fraction of sp³-hybridized carbons (Fsp3) is 0.353. The third kappa shape index (κ3) is 9.07. The Labute approximate surface area is 138 Å². The molecule has 0 bridgehead atoms. The van der Waals surface area contributed by atoms with E-state index in [1.165, 1.54) is 0 Å². The summed E-state index contributed by atoms with van der Waals surface area (Å²) in [5.41, 5.74) is 1.08. The molecule has 1 N–H and O–H groups in total. The van der Waals surface area contributed by atoms with Crippen molar-refractivity contribution in [2.24, 2.45) is 0 Å². The van der Waals surface area contributed by atoms with Gasteiger partial charge in [0.15, 0.2) is 5.78 Å². The van der Waals surface area contributed by atoms with Crippen molar-refractivity contribution >= 4 is 15.8 Å². The van der Waals surface area contributed by atoms with Gasteiger partial charge in [0, 0.05) is 17.9 Å². The highest BCUT2D eigenvalue weighted by atomic mass is 32.2. The number of hydrogen-bond acceptors (Lipinski definition) is 4. The molecule has 23 heavy (non-hydrogen) atoms. The van der Waals surface area contributed by atoms with Crippen LogP contribution < -0.4 is 4.72 Å². The Kier molecular flexibility index (Phi) is 8.47. The molecule has 0 spiro atoms. The normalized spacial score (nSPS) is 13.7. The number of ether oxygens (including phenoxy) is 1. The van der Waals surface area contributed by atoms with Crippen molar-refractivity contribution in [3.8, 4) is 0 Å². The lowest BCUT2D eigenvalue weighted by Gasteiger charge is -2.07. The monoisotopic (exact) mass is 337 g/mol. The second kappa shape index (κ2) is 10.1. The van der Waals surface area contributed by atoms with Crippen LogP contribution in [0.25, 0.3) is 0 Å². The number of ketones is 1. The van der Waals surface area contributed by atoms with Crippen molar-refractivity contribution in [1.82, 2.24) is 4.72 Å². The van der Waals surface area contributed by atoms with Gasteiger partial charge in [-0.2, -0.15) is 0 Å². The van der Waals surface area contributed by atoms with Crippen LogP contribution in [0.4, 0.5) is 0 Å². The molecule has 1 rings (SSSR count). The Bertz CT molecular complexity index is 636. The molecule has 1 atom stereocenters. The predicted molar refractivity (Wildman–Crippen MR) is 91.2 cm³/mol. The fourth-order valence-corrected chi connectivity index (χ4v) is 2.71. The van der Waals surface area contributed by atoms with Crippen molar-refractivity contribution in [2.45, 2.75) is 32.9 Å². The molecule has 1 aromatic rings. The van der Waals surface area contributed by atoms with Gasteiger partial charge in [0.25, 0.3) is 0 Å². The molecule has 0 fully saturated rings. The first-order valence-corrected chi connectivity index (χ1v) is 8.99. The first kappa shape index (κ1) is 19.3. The van der Waals surface area contributed by atoms with E-state index >= 15 is 0 Å². The number of carbonyl (C=O) groups is 1. The quantitative estimate of drug-likeness (QED) is 0.405. The van der Waals surface area contributed by atoms with Gasteiger partial charge in [-0.05, 0) is 18.6 Å². The van der Waals surface area contributed by atoms with E-state index in [1.54, 1.807) is 26.0 Å². The Morgan fingerprint density at radius 1 is 1.30 bits per heavy atom. The van der Waals surface area contributed by atoms with Crippen LogP contribution in [0.3, 0.4) is 0 Å². The molecule has 0 saturated heterocycles. The maximum atomic E-state index is 11.7. The summed E-state index contributed by atoms with van der Waals surface area (Å²) in [7, 11) is -3.62. The minimum atomic E-state index is -3.62. The van der Waals surface area contributed by atoms with Gasteiger partial charge in [-0.15, -0.1) is 0 Å². The number of sulfonamides is 1. The van der Waals surface area contributed by atoms with E-state index in [1.807, 2.05) is 30.3 Å². The van der Waals surface area contributed by atoms with E-state index in [9.17, 15) is 13.2 Å². The van der Waals surface area contributed by atoms with Crippen LogP contribution in [0.1, 0.15) is 25.8 Å². The molecule has 0 radical (unpaired) electrons. The third-order valence-corrected chi connectivity index (χ3v) is 4.08. The number of allylic oxidation sites excluding steroid dienone is 1. The zero-order valence-electron chi connectivity index (χ0n) is 13.4. The second-order valence-corrected chi connectivity index (χ2v) is 6.60. The Balaban J connectivity index is 2.33. The van der Waals surface area contributed by atoms with Crippen molar-refractivity contribution in [3.63, 3.8) is 0 Å². The number of benzene rings is 1. The lowest BCUT2D eigenvalue weighted by Crippen LogP contribution is -2.29. The highest BCUT2D eigenvalue weighted by Crippen LogP contribution is 2.00. The summed E-state index contributed by atoms with van der Waals surface area (Å²) in [6.07, 6.45) is 4.82. The summed E-state index contributed by atoms with van der Waals surface area (Å²) >= 11 is 0. The molecule has 0 aromatic heterocycles. The van der Waals surface area contributed by atoms with E-state index in [-0.39, 0.29) is 18.2 Å². The molecule has 0 aliphatic rings. The van der Waals surface area contributed by atoms with Gasteiger partial charge in [0.1, 0.15) is 0 Å². The van der Waals surface area contributed by atoms with Gasteiger partial charge >= 0.3 is 0 Å². The highest BCUT2D eigenvalue weighted by molar-refractivity contribution is 7.92. The maximum Gasteiger partial charge on any atom is 0.234 e. The van der Waals surface area contributed by atoms with Crippen molar-refractivity contribution < 1.29 is 17.9 Å². The topological polar surface area (TPSA) is 72.5 Å². The van der Waals surface area contributed by atoms with Gasteiger partial charge in [-0.1, -0.05) is 49.4 Å². The van der Waals surface area contributed by atoms with Gasteiger partial charge in [0.05, 0.1) is 13.2 Å². The first-order valence-electron chi connectivity index (χ1n) is 7.44. The summed E-state index contributed by atoms with van der Waals surface area (Å²) in [4.78, 5) is 11.1. The smallest absolute Gasteiger partial charge is 0.234 e. The number of hydrogen-bond donors (Lipinski definition) is 1. The molecule has 0 heterocycles. The Morgan fingerprint density at radius 3 is 2.65 bits per heavy atom. The number of nitrogens with one attached hydrogen (secondary N) is 1. The summed E-state index contributed by atoms with van der Waals surface area (Å²) in [6.45, 7) is 4.28. The molecule has 126 valence electrons. The molecule has 0 saturated carbocycles. The van der Waals surface area contributed by atoms with Crippen LogP contribution in [0, 0.1) is 0 Å². The average molecular weight is 337 g/mol. The van der Waals surface area contributed by atoms with Gasteiger partial charge < -0.3 is 4.74 Å². The summed E-state index contributed by atoms with van der Waals surface area (Å²) < 4.78 is 31.3. The highest BCUT2D eigenvalue weighted by Gasteiger charge is 2.08.